The Hall–Kier alpha value is -2.93. The van der Waals surface area contributed by atoms with E-state index >= 15 is 0 Å². The Morgan fingerprint density at radius 1 is 1.19 bits per heavy atom. The van der Waals surface area contributed by atoms with E-state index in [1.54, 1.807) is 0 Å². The Kier molecular flexibility index (Phi) is 5.83. The fourth-order valence-corrected chi connectivity index (χ4v) is 5.69. The molecular formula is C25H30N4O3. The van der Waals surface area contributed by atoms with Crippen LogP contribution < -0.4 is 5.32 Å². The number of carbonyl (C=O) groups is 2. The van der Waals surface area contributed by atoms with Gasteiger partial charge in [-0.1, -0.05) is 49.9 Å². The molecule has 32 heavy (non-hydrogen) atoms. The first-order chi connectivity index (χ1) is 15.6. The molecule has 2 heterocycles. The van der Waals surface area contributed by atoms with E-state index in [0.717, 1.165) is 60.1 Å². The SMILES string of the molecule is O=CN(O)C[C@@H](CC1CCCC1)C(=O)N1CCC[C@H]1C1=Nc2cccc3cccc(c23)N1. The van der Waals surface area contributed by atoms with Crippen molar-refractivity contribution in [3.63, 3.8) is 0 Å². The van der Waals surface area contributed by atoms with Gasteiger partial charge < -0.3 is 10.2 Å². The van der Waals surface area contributed by atoms with E-state index in [4.69, 9.17) is 4.99 Å². The molecule has 168 valence electrons. The third-order valence-electron chi connectivity index (χ3n) is 7.21. The van der Waals surface area contributed by atoms with Crippen LogP contribution >= 0.6 is 0 Å². The van der Waals surface area contributed by atoms with Crippen LogP contribution in [0.2, 0.25) is 0 Å². The van der Waals surface area contributed by atoms with E-state index in [-0.39, 0.29) is 18.5 Å². The van der Waals surface area contributed by atoms with Crippen molar-refractivity contribution in [1.82, 2.24) is 9.96 Å². The summed E-state index contributed by atoms with van der Waals surface area (Å²) in [5.74, 6) is 0.910. The van der Waals surface area contributed by atoms with E-state index in [1.165, 1.54) is 12.8 Å². The number of aliphatic imine (C=N–C) groups is 1. The molecule has 7 nitrogen and oxygen atoms in total. The monoisotopic (exact) mass is 434 g/mol. The number of hydrogen-bond acceptors (Lipinski definition) is 5. The second-order valence-electron chi connectivity index (χ2n) is 9.30. The van der Waals surface area contributed by atoms with Crippen molar-refractivity contribution in [3.8, 4) is 0 Å². The predicted molar refractivity (Wildman–Crippen MR) is 124 cm³/mol. The van der Waals surface area contributed by atoms with Crippen molar-refractivity contribution in [2.75, 3.05) is 18.4 Å². The molecule has 2 aromatic carbocycles. The van der Waals surface area contributed by atoms with Crippen molar-refractivity contribution in [1.29, 1.82) is 0 Å². The molecule has 3 aliphatic rings. The van der Waals surface area contributed by atoms with Gasteiger partial charge in [0.05, 0.1) is 24.2 Å². The summed E-state index contributed by atoms with van der Waals surface area (Å²) < 4.78 is 0. The second kappa shape index (κ2) is 8.90. The summed E-state index contributed by atoms with van der Waals surface area (Å²) >= 11 is 0. The van der Waals surface area contributed by atoms with Crippen LogP contribution in [-0.4, -0.2) is 52.5 Å². The van der Waals surface area contributed by atoms with E-state index < -0.39 is 5.92 Å². The van der Waals surface area contributed by atoms with Gasteiger partial charge in [0.25, 0.3) is 0 Å². The van der Waals surface area contributed by atoms with Crippen LogP contribution in [0, 0.1) is 11.8 Å². The Bertz CT molecular complexity index is 1040. The number of hydrogen-bond donors (Lipinski definition) is 2. The fraction of sp³-hybridized carbons (Fsp3) is 0.480. The molecule has 0 bridgehead atoms. The fourth-order valence-electron chi connectivity index (χ4n) is 5.69. The molecule has 2 atom stereocenters. The average Bonchev–Trinajstić information content (AvgIpc) is 3.50. The van der Waals surface area contributed by atoms with Gasteiger partial charge in [0, 0.05) is 17.6 Å². The number of benzene rings is 2. The van der Waals surface area contributed by atoms with Crippen molar-refractivity contribution >= 4 is 40.3 Å². The Labute approximate surface area is 188 Å². The quantitative estimate of drug-likeness (QED) is 0.386. The number of amides is 2. The summed E-state index contributed by atoms with van der Waals surface area (Å²) in [6.07, 6.45) is 7.50. The first-order valence-corrected chi connectivity index (χ1v) is 11.7. The van der Waals surface area contributed by atoms with E-state index in [2.05, 4.69) is 23.5 Å². The van der Waals surface area contributed by atoms with Gasteiger partial charge >= 0.3 is 0 Å². The van der Waals surface area contributed by atoms with Gasteiger partial charge in [-0.25, -0.2) is 10.1 Å². The van der Waals surface area contributed by atoms with Gasteiger partial charge in [0.2, 0.25) is 12.3 Å². The third-order valence-corrected chi connectivity index (χ3v) is 7.21. The van der Waals surface area contributed by atoms with Gasteiger partial charge in [-0.3, -0.25) is 14.8 Å². The van der Waals surface area contributed by atoms with Crippen LogP contribution in [0.1, 0.15) is 44.9 Å². The van der Waals surface area contributed by atoms with Gasteiger partial charge in [-0.05, 0) is 42.7 Å². The van der Waals surface area contributed by atoms with E-state index in [1.807, 2.05) is 23.1 Å². The molecule has 0 unspecified atom stereocenters. The standard InChI is InChI=1S/C25H30N4O3/c30-16-28(32)15-19(14-17-6-1-2-7-17)25(31)29-13-5-12-22(29)24-26-20-10-3-8-18-9-4-11-21(27-24)23(18)20/h3-4,8-11,16-17,19,22,32H,1-2,5-7,12-15H2,(H,26,27)/t19-,22+/m1/s1. The molecule has 2 fully saturated rings. The zero-order valence-electron chi connectivity index (χ0n) is 18.2. The number of rotatable bonds is 7. The third kappa shape index (κ3) is 3.97. The molecule has 0 spiro atoms. The zero-order chi connectivity index (χ0) is 22.1. The van der Waals surface area contributed by atoms with E-state index in [9.17, 15) is 14.8 Å². The van der Waals surface area contributed by atoms with Gasteiger partial charge in [0.15, 0.2) is 0 Å². The average molecular weight is 435 g/mol. The minimum absolute atomic E-state index is 0.0156. The van der Waals surface area contributed by atoms with Crippen LogP contribution in [0.25, 0.3) is 10.8 Å². The highest BCUT2D eigenvalue weighted by molar-refractivity contribution is 6.15. The number of hydroxylamine groups is 2. The summed E-state index contributed by atoms with van der Waals surface area (Å²) in [6.45, 7) is 0.716. The van der Waals surface area contributed by atoms with Crippen LogP contribution in [0.15, 0.2) is 41.4 Å². The highest BCUT2D eigenvalue weighted by Gasteiger charge is 2.38. The number of nitrogens with one attached hydrogen (secondary N) is 1. The summed E-state index contributed by atoms with van der Waals surface area (Å²) in [4.78, 5) is 31.6. The van der Waals surface area contributed by atoms with Gasteiger partial charge in [-0.2, -0.15) is 0 Å². The first kappa shape index (κ1) is 20.9. The summed E-state index contributed by atoms with van der Waals surface area (Å²) in [5.41, 5.74) is 1.95. The topological polar surface area (TPSA) is 85.2 Å². The van der Waals surface area contributed by atoms with Gasteiger partial charge in [-0.15, -0.1) is 0 Å². The second-order valence-corrected chi connectivity index (χ2v) is 9.30. The van der Waals surface area contributed by atoms with Crippen molar-refractivity contribution in [2.24, 2.45) is 16.8 Å². The molecule has 2 amide bonds. The number of amidine groups is 1. The molecular weight excluding hydrogens is 404 g/mol. The summed E-state index contributed by atoms with van der Waals surface area (Å²) in [6, 6.07) is 12.2. The molecule has 1 saturated carbocycles. The van der Waals surface area contributed by atoms with Crippen LogP contribution in [0.5, 0.6) is 0 Å². The highest BCUT2D eigenvalue weighted by atomic mass is 16.5. The Balaban J connectivity index is 1.40. The first-order valence-electron chi connectivity index (χ1n) is 11.7. The molecule has 2 N–H and O–H groups in total. The molecule has 0 radical (unpaired) electrons. The number of carbonyl (C=O) groups excluding carboxylic acids is 2. The van der Waals surface area contributed by atoms with Crippen molar-refractivity contribution in [2.45, 2.75) is 51.0 Å². The molecule has 2 aromatic rings. The zero-order valence-corrected chi connectivity index (χ0v) is 18.2. The molecule has 2 aliphatic heterocycles. The number of anilines is 1. The minimum atomic E-state index is -0.395. The number of likely N-dealkylation sites (tertiary alicyclic amines) is 1. The minimum Gasteiger partial charge on any atom is -0.341 e. The van der Waals surface area contributed by atoms with Crippen LogP contribution in [0.4, 0.5) is 11.4 Å². The molecule has 1 saturated heterocycles. The maximum Gasteiger partial charge on any atom is 0.233 e. The smallest absolute Gasteiger partial charge is 0.233 e. The lowest BCUT2D eigenvalue weighted by molar-refractivity contribution is -0.157. The molecule has 5 rings (SSSR count). The molecule has 1 aliphatic carbocycles. The summed E-state index contributed by atoms with van der Waals surface area (Å²) in [5, 5.41) is 16.2. The molecule has 7 heteroatoms. The normalized spacial score (nSPS) is 21.3. The predicted octanol–water partition coefficient (Wildman–Crippen LogP) is 4.33. The maximum absolute atomic E-state index is 13.7. The van der Waals surface area contributed by atoms with Crippen molar-refractivity contribution in [3.05, 3.63) is 36.4 Å². The maximum atomic E-state index is 13.7. The van der Waals surface area contributed by atoms with Crippen LogP contribution in [-0.2, 0) is 9.59 Å². The van der Waals surface area contributed by atoms with E-state index in [0.29, 0.717) is 23.9 Å². The van der Waals surface area contributed by atoms with Crippen molar-refractivity contribution < 1.29 is 14.8 Å². The lowest BCUT2D eigenvalue weighted by Crippen LogP contribution is -2.48. The largest absolute Gasteiger partial charge is 0.341 e. The lowest BCUT2D eigenvalue weighted by Gasteiger charge is -2.32. The van der Waals surface area contributed by atoms with Gasteiger partial charge in [0.1, 0.15) is 5.84 Å². The highest BCUT2D eigenvalue weighted by Crippen LogP contribution is 2.38. The number of nitrogens with zero attached hydrogens (tertiary/aromatic N) is 3. The van der Waals surface area contributed by atoms with Crippen LogP contribution in [0.3, 0.4) is 0 Å². The summed E-state index contributed by atoms with van der Waals surface area (Å²) in [7, 11) is 0. The Morgan fingerprint density at radius 2 is 1.97 bits per heavy atom. The molecule has 0 aromatic heterocycles. The Morgan fingerprint density at radius 3 is 2.75 bits per heavy atom. The lowest BCUT2D eigenvalue weighted by atomic mass is 9.91.